The second-order valence-electron chi connectivity index (χ2n) is 4.33. The molecule has 4 nitrogen and oxygen atoms in total. The highest BCUT2D eigenvalue weighted by molar-refractivity contribution is 5.29. The quantitative estimate of drug-likeness (QED) is 0.880. The van der Waals surface area contributed by atoms with E-state index in [0.717, 1.165) is 23.6 Å². The lowest BCUT2D eigenvalue weighted by molar-refractivity contribution is 0.291. The van der Waals surface area contributed by atoms with Crippen LogP contribution >= 0.6 is 0 Å². The molecule has 1 aromatic heterocycles. The average Bonchev–Trinajstić information content (AvgIpc) is 2.81. The molecule has 0 aliphatic rings. The van der Waals surface area contributed by atoms with E-state index in [-0.39, 0.29) is 6.04 Å². The zero-order valence-electron chi connectivity index (χ0n) is 10.8. The first-order valence-electron chi connectivity index (χ1n) is 6.15. The van der Waals surface area contributed by atoms with Gasteiger partial charge in [-0.3, -0.25) is 0 Å². The van der Waals surface area contributed by atoms with Crippen LogP contribution in [-0.2, 0) is 13.7 Å². The maximum absolute atomic E-state index is 5.96. The van der Waals surface area contributed by atoms with Gasteiger partial charge in [-0.25, -0.2) is 4.98 Å². The number of aromatic nitrogens is 2. The fourth-order valence-corrected chi connectivity index (χ4v) is 1.73. The van der Waals surface area contributed by atoms with Gasteiger partial charge in [-0.15, -0.1) is 0 Å². The van der Waals surface area contributed by atoms with Crippen molar-refractivity contribution in [3.63, 3.8) is 0 Å². The van der Waals surface area contributed by atoms with Crippen molar-refractivity contribution in [1.82, 2.24) is 9.55 Å². The standard InChI is InChI=1S/C14H19N3O/c1-3-13(15)11-4-6-12(7-5-11)18-10-14-16-8-9-17(14)2/h4-9,13H,3,10,15H2,1-2H3/t13-/m1/s1. The van der Waals surface area contributed by atoms with Gasteiger partial charge in [-0.1, -0.05) is 19.1 Å². The predicted octanol–water partition coefficient (Wildman–Crippen LogP) is 2.41. The molecule has 0 radical (unpaired) electrons. The third-order valence-corrected chi connectivity index (χ3v) is 3.04. The molecule has 0 aliphatic heterocycles. The van der Waals surface area contributed by atoms with Crippen molar-refractivity contribution in [3.8, 4) is 5.75 Å². The highest BCUT2D eigenvalue weighted by Gasteiger charge is 2.04. The number of benzene rings is 1. The fraction of sp³-hybridized carbons (Fsp3) is 0.357. The lowest BCUT2D eigenvalue weighted by atomic mass is 10.1. The number of rotatable bonds is 5. The molecule has 2 N–H and O–H groups in total. The Morgan fingerprint density at radius 3 is 2.61 bits per heavy atom. The molecule has 2 aromatic rings. The predicted molar refractivity (Wildman–Crippen MR) is 71.2 cm³/mol. The van der Waals surface area contributed by atoms with Gasteiger partial charge in [0, 0.05) is 25.5 Å². The molecule has 0 spiro atoms. The lowest BCUT2D eigenvalue weighted by Crippen LogP contribution is -2.08. The summed E-state index contributed by atoms with van der Waals surface area (Å²) in [6.45, 7) is 2.55. The highest BCUT2D eigenvalue weighted by atomic mass is 16.5. The smallest absolute Gasteiger partial charge is 0.146 e. The molecule has 0 unspecified atom stereocenters. The molecule has 1 aromatic carbocycles. The minimum Gasteiger partial charge on any atom is -0.486 e. The lowest BCUT2D eigenvalue weighted by Gasteiger charge is -2.10. The van der Waals surface area contributed by atoms with Gasteiger partial charge >= 0.3 is 0 Å². The Morgan fingerprint density at radius 2 is 2.06 bits per heavy atom. The Kier molecular flexibility index (Phi) is 3.99. The summed E-state index contributed by atoms with van der Waals surface area (Å²) in [5.74, 6) is 1.74. The third-order valence-electron chi connectivity index (χ3n) is 3.04. The van der Waals surface area contributed by atoms with Gasteiger partial charge in [0.15, 0.2) is 0 Å². The van der Waals surface area contributed by atoms with Crippen molar-refractivity contribution in [3.05, 3.63) is 48.0 Å². The monoisotopic (exact) mass is 245 g/mol. The molecule has 1 heterocycles. The van der Waals surface area contributed by atoms with Crippen LogP contribution < -0.4 is 10.5 Å². The molecule has 0 saturated carbocycles. The van der Waals surface area contributed by atoms with E-state index >= 15 is 0 Å². The topological polar surface area (TPSA) is 53.1 Å². The van der Waals surface area contributed by atoms with Gasteiger partial charge < -0.3 is 15.0 Å². The molecular weight excluding hydrogens is 226 g/mol. The molecule has 0 aliphatic carbocycles. The normalized spacial score (nSPS) is 12.4. The Balaban J connectivity index is 1.96. The first-order chi connectivity index (χ1) is 8.70. The summed E-state index contributed by atoms with van der Waals surface area (Å²) in [7, 11) is 1.95. The largest absolute Gasteiger partial charge is 0.486 e. The minimum absolute atomic E-state index is 0.105. The molecule has 4 heteroatoms. The van der Waals surface area contributed by atoms with Crippen molar-refractivity contribution in [2.45, 2.75) is 26.0 Å². The number of nitrogens with zero attached hydrogens (tertiary/aromatic N) is 2. The third kappa shape index (κ3) is 2.90. The summed E-state index contributed by atoms with van der Waals surface area (Å²) in [5, 5.41) is 0. The van der Waals surface area contributed by atoms with Gasteiger partial charge in [0.05, 0.1) is 0 Å². The van der Waals surface area contributed by atoms with Crippen LogP contribution in [0, 0.1) is 0 Å². The Bertz CT molecular complexity index is 490. The highest BCUT2D eigenvalue weighted by Crippen LogP contribution is 2.18. The number of ether oxygens (including phenoxy) is 1. The summed E-state index contributed by atoms with van der Waals surface area (Å²) in [6, 6.07) is 8.04. The van der Waals surface area contributed by atoms with E-state index in [1.807, 2.05) is 42.1 Å². The fourth-order valence-electron chi connectivity index (χ4n) is 1.73. The zero-order chi connectivity index (χ0) is 13.0. The molecule has 2 rings (SSSR count). The molecule has 0 fully saturated rings. The summed E-state index contributed by atoms with van der Waals surface area (Å²) < 4.78 is 7.62. The van der Waals surface area contributed by atoms with E-state index < -0.39 is 0 Å². The summed E-state index contributed by atoms with van der Waals surface area (Å²) >= 11 is 0. The first-order valence-corrected chi connectivity index (χ1v) is 6.15. The molecule has 96 valence electrons. The van der Waals surface area contributed by atoms with Crippen molar-refractivity contribution < 1.29 is 4.74 Å². The van der Waals surface area contributed by atoms with E-state index in [1.54, 1.807) is 6.20 Å². The molecule has 0 bridgehead atoms. The van der Waals surface area contributed by atoms with E-state index in [1.165, 1.54) is 0 Å². The number of nitrogens with two attached hydrogens (primary N) is 1. The van der Waals surface area contributed by atoms with Crippen molar-refractivity contribution in [1.29, 1.82) is 0 Å². The van der Waals surface area contributed by atoms with Gasteiger partial charge in [0.25, 0.3) is 0 Å². The number of imidazole rings is 1. The molecular formula is C14H19N3O. The van der Waals surface area contributed by atoms with Crippen LogP contribution in [-0.4, -0.2) is 9.55 Å². The van der Waals surface area contributed by atoms with Crippen LogP contribution in [0.3, 0.4) is 0 Å². The van der Waals surface area contributed by atoms with Crippen molar-refractivity contribution >= 4 is 0 Å². The van der Waals surface area contributed by atoms with E-state index in [0.29, 0.717) is 6.61 Å². The SMILES string of the molecule is CC[C@@H](N)c1ccc(OCc2nccn2C)cc1. The van der Waals surface area contributed by atoms with Gasteiger partial charge in [0.2, 0.25) is 0 Å². The Labute approximate surface area is 107 Å². The molecule has 18 heavy (non-hydrogen) atoms. The summed E-state index contributed by atoms with van der Waals surface area (Å²) in [4.78, 5) is 4.21. The Hall–Kier alpha value is -1.81. The van der Waals surface area contributed by atoms with Gasteiger partial charge in [-0.05, 0) is 24.1 Å². The van der Waals surface area contributed by atoms with Crippen LogP contribution in [0.25, 0.3) is 0 Å². The second kappa shape index (κ2) is 5.69. The first kappa shape index (κ1) is 12.6. The molecule has 1 atom stereocenters. The zero-order valence-corrected chi connectivity index (χ0v) is 10.8. The summed E-state index contributed by atoms with van der Waals surface area (Å²) in [6.07, 6.45) is 4.61. The number of hydrogen-bond acceptors (Lipinski definition) is 3. The molecule has 0 amide bonds. The maximum Gasteiger partial charge on any atom is 0.146 e. The number of aryl methyl sites for hydroxylation is 1. The van der Waals surface area contributed by atoms with E-state index in [4.69, 9.17) is 10.5 Å². The van der Waals surface area contributed by atoms with Crippen LogP contribution in [0.5, 0.6) is 5.75 Å². The Morgan fingerprint density at radius 1 is 1.33 bits per heavy atom. The second-order valence-corrected chi connectivity index (χ2v) is 4.33. The van der Waals surface area contributed by atoms with E-state index in [9.17, 15) is 0 Å². The van der Waals surface area contributed by atoms with Crippen LogP contribution in [0.4, 0.5) is 0 Å². The maximum atomic E-state index is 5.96. The van der Waals surface area contributed by atoms with Gasteiger partial charge in [-0.2, -0.15) is 0 Å². The van der Waals surface area contributed by atoms with Crippen LogP contribution in [0.15, 0.2) is 36.7 Å². The van der Waals surface area contributed by atoms with Crippen LogP contribution in [0.1, 0.15) is 30.8 Å². The van der Waals surface area contributed by atoms with Gasteiger partial charge in [0.1, 0.15) is 18.2 Å². The molecule has 0 saturated heterocycles. The minimum atomic E-state index is 0.105. The van der Waals surface area contributed by atoms with Crippen molar-refractivity contribution in [2.24, 2.45) is 12.8 Å². The average molecular weight is 245 g/mol. The number of hydrogen-bond donors (Lipinski definition) is 1. The summed E-state index contributed by atoms with van der Waals surface area (Å²) in [5.41, 5.74) is 7.10. The van der Waals surface area contributed by atoms with Crippen molar-refractivity contribution in [2.75, 3.05) is 0 Å². The van der Waals surface area contributed by atoms with E-state index in [2.05, 4.69) is 11.9 Å². The van der Waals surface area contributed by atoms with Crippen LogP contribution in [0.2, 0.25) is 0 Å².